The predicted octanol–water partition coefficient (Wildman–Crippen LogP) is 1.95. The van der Waals surface area contributed by atoms with Crippen LogP contribution in [0.4, 0.5) is 0 Å². The van der Waals surface area contributed by atoms with Gasteiger partial charge in [0.05, 0.1) is 5.70 Å². The summed E-state index contributed by atoms with van der Waals surface area (Å²) in [7, 11) is 0. The minimum Gasteiger partial charge on any atom is -0.263 e. The van der Waals surface area contributed by atoms with Gasteiger partial charge in [0.25, 0.3) is 0 Å². The van der Waals surface area contributed by atoms with Crippen LogP contribution in [0.3, 0.4) is 0 Å². The van der Waals surface area contributed by atoms with Crippen molar-refractivity contribution in [2.45, 2.75) is 13.3 Å². The van der Waals surface area contributed by atoms with Crippen LogP contribution >= 0.6 is 0 Å². The first-order valence-electron chi connectivity index (χ1n) is 3.81. The van der Waals surface area contributed by atoms with Crippen molar-refractivity contribution >= 4 is 11.9 Å². The summed E-state index contributed by atoms with van der Waals surface area (Å²) >= 11 is 0. The Morgan fingerprint density at radius 1 is 1.55 bits per heavy atom. The molecule has 0 radical (unpaired) electrons. The molecule has 0 amide bonds. The number of hydrogen-bond acceptors (Lipinski definition) is 2. The van der Waals surface area contributed by atoms with Crippen molar-refractivity contribution in [3.63, 3.8) is 0 Å². The van der Waals surface area contributed by atoms with Gasteiger partial charge in [0.15, 0.2) is 0 Å². The Morgan fingerprint density at radius 2 is 2.45 bits per heavy atom. The topological polar surface area (TPSA) is 24.7 Å². The normalized spacial score (nSPS) is 27.5. The third-order valence-electron chi connectivity index (χ3n) is 2.08. The quantitative estimate of drug-likeness (QED) is 0.499. The molecule has 1 unspecified atom stereocenters. The number of allylic oxidation sites excluding steroid dienone is 3. The van der Waals surface area contributed by atoms with Crippen LogP contribution in [-0.4, -0.2) is 11.9 Å². The van der Waals surface area contributed by atoms with Crippen molar-refractivity contribution in [3.05, 3.63) is 24.0 Å². The first kappa shape index (κ1) is 6.53. The molecule has 2 aliphatic heterocycles. The number of nitrogens with zero attached hydrogens (tertiary/aromatic N) is 2. The van der Waals surface area contributed by atoms with E-state index in [2.05, 4.69) is 23.0 Å². The van der Waals surface area contributed by atoms with Crippen molar-refractivity contribution in [1.29, 1.82) is 0 Å². The summed E-state index contributed by atoms with van der Waals surface area (Å²) < 4.78 is 0. The first-order chi connectivity index (χ1) is 5.38. The monoisotopic (exact) mass is 146 g/mol. The highest BCUT2D eigenvalue weighted by atomic mass is 14.9. The molecule has 0 aromatic carbocycles. The molecule has 2 aliphatic rings. The molecule has 2 heteroatoms. The number of hydrogen-bond donors (Lipinski definition) is 0. The van der Waals surface area contributed by atoms with E-state index >= 15 is 0 Å². The molecule has 0 saturated heterocycles. The Labute approximate surface area is 66.1 Å². The molecular formula is C9H10N2. The van der Waals surface area contributed by atoms with E-state index in [1.165, 1.54) is 5.71 Å². The van der Waals surface area contributed by atoms with Crippen LogP contribution in [0.25, 0.3) is 0 Å². The molecule has 2 rings (SSSR count). The molecule has 0 aromatic heterocycles. The van der Waals surface area contributed by atoms with Gasteiger partial charge >= 0.3 is 0 Å². The third-order valence-corrected chi connectivity index (χ3v) is 2.08. The minimum absolute atomic E-state index is 0.449. The maximum atomic E-state index is 4.27. The van der Waals surface area contributed by atoms with Crippen molar-refractivity contribution in [2.75, 3.05) is 0 Å². The van der Waals surface area contributed by atoms with E-state index in [4.69, 9.17) is 0 Å². The number of aliphatic imine (C=N–C) groups is 2. The Kier molecular flexibility index (Phi) is 1.46. The Balaban J connectivity index is 2.31. The van der Waals surface area contributed by atoms with Gasteiger partial charge in [-0.2, -0.15) is 0 Å². The average Bonchev–Trinajstić information content (AvgIpc) is 2.25. The summed E-state index contributed by atoms with van der Waals surface area (Å²) in [5, 5.41) is 0. The van der Waals surface area contributed by atoms with Gasteiger partial charge in [0, 0.05) is 24.0 Å². The van der Waals surface area contributed by atoms with Crippen LogP contribution in [-0.2, 0) is 0 Å². The van der Waals surface area contributed by atoms with Gasteiger partial charge in [0.2, 0.25) is 0 Å². The lowest BCUT2D eigenvalue weighted by molar-refractivity contribution is 0.828. The molecule has 0 spiro atoms. The van der Waals surface area contributed by atoms with E-state index in [9.17, 15) is 0 Å². The lowest BCUT2D eigenvalue weighted by Crippen LogP contribution is -2.06. The van der Waals surface area contributed by atoms with E-state index in [0.717, 1.165) is 12.1 Å². The fourth-order valence-corrected chi connectivity index (χ4v) is 1.38. The smallest absolute Gasteiger partial charge is 0.0676 e. The van der Waals surface area contributed by atoms with Gasteiger partial charge in [-0.15, -0.1) is 0 Å². The van der Waals surface area contributed by atoms with Gasteiger partial charge in [-0.3, -0.25) is 9.98 Å². The number of fused-ring (bicyclic) bond motifs is 1. The highest BCUT2D eigenvalue weighted by Gasteiger charge is 2.20. The van der Waals surface area contributed by atoms with E-state index in [1.54, 1.807) is 0 Å². The Morgan fingerprint density at radius 3 is 3.36 bits per heavy atom. The van der Waals surface area contributed by atoms with Crippen molar-refractivity contribution in [2.24, 2.45) is 15.9 Å². The van der Waals surface area contributed by atoms with Crippen molar-refractivity contribution in [1.82, 2.24) is 0 Å². The highest BCUT2D eigenvalue weighted by molar-refractivity contribution is 5.91. The van der Waals surface area contributed by atoms with E-state index in [-0.39, 0.29) is 0 Å². The van der Waals surface area contributed by atoms with E-state index < -0.39 is 0 Å². The van der Waals surface area contributed by atoms with Crippen LogP contribution in [0.1, 0.15) is 13.3 Å². The molecule has 0 N–H and O–H groups in total. The molecule has 0 saturated carbocycles. The first-order valence-corrected chi connectivity index (χ1v) is 3.81. The zero-order valence-corrected chi connectivity index (χ0v) is 6.49. The van der Waals surface area contributed by atoms with Gasteiger partial charge in [-0.05, 0) is 19.4 Å². The fraction of sp³-hybridized carbons (Fsp3) is 0.333. The van der Waals surface area contributed by atoms with Gasteiger partial charge in [-0.1, -0.05) is 6.08 Å². The second kappa shape index (κ2) is 2.46. The molecule has 2 heterocycles. The molecule has 0 aliphatic carbocycles. The largest absolute Gasteiger partial charge is 0.263 e. The summed E-state index contributed by atoms with van der Waals surface area (Å²) in [4.78, 5) is 8.50. The van der Waals surface area contributed by atoms with Crippen LogP contribution in [0.15, 0.2) is 34.0 Å². The SMILES string of the molecule is CC1=NC=C2N=CC=CCC21. The number of rotatable bonds is 0. The summed E-state index contributed by atoms with van der Waals surface area (Å²) in [5.74, 6) is 0.449. The fourth-order valence-electron chi connectivity index (χ4n) is 1.38. The maximum Gasteiger partial charge on any atom is 0.0676 e. The maximum absolute atomic E-state index is 4.27. The molecule has 11 heavy (non-hydrogen) atoms. The Hall–Kier alpha value is -1.18. The Bertz CT molecular complexity index is 282. The third kappa shape index (κ3) is 1.04. The zero-order valence-electron chi connectivity index (χ0n) is 6.49. The lowest BCUT2D eigenvalue weighted by Gasteiger charge is -2.06. The molecule has 56 valence electrons. The predicted molar refractivity (Wildman–Crippen MR) is 46.9 cm³/mol. The zero-order chi connectivity index (χ0) is 7.68. The van der Waals surface area contributed by atoms with Gasteiger partial charge in [0.1, 0.15) is 0 Å². The summed E-state index contributed by atoms with van der Waals surface area (Å²) in [5.41, 5.74) is 2.29. The molecule has 0 fully saturated rings. The van der Waals surface area contributed by atoms with Crippen molar-refractivity contribution in [3.8, 4) is 0 Å². The van der Waals surface area contributed by atoms with Crippen LogP contribution in [0.5, 0.6) is 0 Å². The second-order valence-corrected chi connectivity index (χ2v) is 2.82. The molecule has 1 atom stereocenters. The summed E-state index contributed by atoms with van der Waals surface area (Å²) in [6.45, 7) is 2.06. The van der Waals surface area contributed by atoms with E-state index in [1.807, 2.05) is 18.5 Å². The molecule has 0 bridgehead atoms. The van der Waals surface area contributed by atoms with Gasteiger partial charge < -0.3 is 0 Å². The van der Waals surface area contributed by atoms with Crippen molar-refractivity contribution < 1.29 is 0 Å². The molecule has 2 nitrogen and oxygen atoms in total. The summed E-state index contributed by atoms with van der Waals surface area (Å²) in [6, 6.07) is 0. The van der Waals surface area contributed by atoms with Gasteiger partial charge in [-0.25, -0.2) is 0 Å². The minimum atomic E-state index is 0.449. The summed E-state index contributed by atoms with van der Waals surface area (Å²) in [6.07, 6.45) is 8.87. The average molecular weight is 146 g/mol. The molecular weight excluding hydrogens is 136 g/mol. The van der Waals surface area contributed by atoms with Crippen LogP contribution in [0, 0.1) is 5.92 Å². The lowest BCUT2D eigenvalue weighted by atomic mass is 9.99. The van der Waals surface area contributed by atoms with Crippen LogP contribution in [0.2, 0.25) is 0 Å². The highest BCUT2D eigenvalue weighted by Crippen LogP contribution is 2.25. The standard InChI is InChI=1S/C9H10N2/c1-7-8-4-2-3-5-10-9(8)6-11-7/h2-3,5-6,8H,4H2,1H3. The second-order valence-electron chi connectivity index (χ2n) is 2.82. The van der Waals surface area contributed by atoms with E-state index in [0.29, 0.717) is 5.92 Å². The molecule has 0 aromatic rings. The van der Waals surface area contributed by atoms with Crippen LogP contribution < -0.4 is 0 Å².